The first-order chi connectivity index (χ1) is 13.1. The van der Waals surface area contributed by atoms with Crippen LogP contribution in [0.15, 0.2) is 29.2 Å². The van der Waals surface area contributed by atoms with Crippen molar-refractivity contribution in [1.29, 1.82) is 0 Å². The van der Waals surface area contributed by atoms with Gasteiger partial charge >= 0.3 is 5.97 Å². The Hall–Kier alpha value is -2.40. The third-order valence-corrected chi connectivity index (χ3v) is 8.03. The molecule has 0 aliphatic carbocycles. The van der Waals surface area contributed by atoms with Gasteiger partial charge in [-0.05, 0) is 32.4 Å². The van der Waals surface area contributed by atoms with E-state index in [-0.39, 0.29) is 33.3 Å². The average molecular weight is 428 g/mol. The zero-order chi connectivity index (χ0) is 20.7. The van der Waals surface area contributed by atoms with Gasteiger partial charge in [0.2, 0.25) is 0 Å². The summed E-state index contributed by atoms with van der Waals surface area (Å²) < 4.78 is 58.2. The van der Waals surface area contributed by atoms with E-state index >= 15 is 0 Å². The molecule has 152 valence electrons. The van der Waals surface area contributed by atoms with Crippen molar-refractivity contribution in [2.24, 2.45) is 0 Å². The molecule has 28 heavy (non-hydrogen) atoms. The second kappa shape index (κ2) is 7.21. The highest BCUT2D eigenvalue weighted by Gasteiger charge is 2.34. The minimum Gasteiger partial charge on any atom is -0.465 e. The van der Waals surface area contributed by atoms with Crippen LogP contribution in [0.2, 0.25) is 0 Å². The van der Waals surface area contributed by atoms with Crippen LogP contribution in [0, 0.1) is 13.8 Å². The number of rotatable bonds is 5. The largest absolute Gasteiger partial charge is 0.465 e. The number of carbonyl (C=O) groups is 1. The maximum atomic E-state index is 13.0. The number of para-hydroxylation sites is 1. The number of aromatic nitrogens is 2. The summed E-state index contributed by atoms with van der Waals surface area (Å²) in [5.41, 5.74) is 0.773. The Morgan fingerprint density at radius 1 is 1.29 bits per heavy atom. The molecule has 9 nitrogen and oxygen atoms in total. The van der Waals surface area contributed by atoms with Gasteiger partial charge in [-0.15, -0.1) is 0 Å². The molecule has 0 bridgehead atoms. The molecule has 2 aromatic rings. The Bertz CT molecular complexity index is 1140. The van der Waals surface area contributed by atoms with Crippen molar-refractivity contribution in [3.05, 3.63) is 41.2 Å². The predicted octanol–water partition coefficient (Wildman–Crippen LogP) is 1.45. The molecule has 2 heterocycles. The van der Waals surface area contributed by atoms with E-state index in [2.05, 4.69) is 14.6 Å². The van der Waals surface area contributed by atoms with Crippen LogP contribution in [-0.2, 0) is 24.6 Å². The lowest BCUT2D eigenvalue weighted by Gasteiger charge is -2.13. The van der Waals surface area contributed by atoms with Gasteiger partial charge in [0.05, 0.1) is 47.3 Å². The van der Waals surface area contributed by atoms with Gasteiger partial charge in [0.25, 0.3) is 10.0 Å². The molecule has 0 saturated carbocycles. The zero-order valence-corrected chi connectivity index (χ0v) is 17.3. The van der Waals surface area contributed by atoms with E-state index in [4.69, 9.17) is 0 Å². The Labute approximate surface area is 163 Å². The average Bonchev–Trinajstić information content (AvgIpc) is 3.13. The number of methoxy groups -OCH3 is 1. The highest BCUT2D eigenvalue weighted by Crippen LogP contribution is 2.30. The number of hydrogen-bond acceptors (Lipinski definition) is 7. The molecule has 0 spiro atoms. The minimum atomic E-state index is -4.07. The normalized spacial score (nSPS) is 18.8. The number of nitrogens with zero attached hydrogens (tertiary/aromatic N) is 2. The van der Waals surface area contributed by atoms with Crippen LogP contribution in [0.3, 0.4) is 0 Å². The van der Waals surface area contributed by atoms with Crippen LogP contribution in [0.1, 0.15) is 34.2 Å². The summed E-state index contributed by atoms with van der Waals surface area (Å²) in [7, 11) is -6.00. The van der Waals surface area contributed by atoms with Crippen LogP contribution >= 0.6 is 0 Å². The topological polar surface area (TPSA) is 124 Å². The number of esters is 1. The van der Waals surface area contributed by atoms with Crippen LogP contribution in [0.4, 0.5) is 5.69 Å². The second-order valence-corrected chi connectivity index (χ2v) is 10.5. The molecule has 1 saturated heterocycles. The maximum Gasteiger partial charge on any atom is 0.339 e. The summed E-state index contributed by atoms with van der Waals surface area (Å²) in [6.07, 6.45) is 0.391. The molecule has 11 heteroatoms. The third kappa shape index (κ3) is 3.76. The number of ether oxygens (including phenoxy) is 1. The molecule has 0 unspecified atom stereocenters. The molecular formula is C17H21N3O6S2. The molecule has 3 rings (SSSR count). The molecule has 1 N–H and O–H groups in total. The number of nitrogens with one attached hydrogen (secondary N) is 1. The van der Waals surface area contributed by atoms with Crippen molar-refractivity contribution < 1.29 is 26.4 Å². The van der Waals surface area contributed by atoms with Crippen molar-refractivity contribution in [1.82, 2.24) is 9.78 Å². The fraction of sp³-hybridized carbons (Fsp3) is 0.412. The summed E-state index contributed by atoms with van der Waals surface area (Å²) in [5.74, 6) is -0.672. The monoisotopic (exact) mass is 427 g/mol. The Balaban J connectivity index is 1.99. The van der Waals surface area contributed by atoms with Crippen molar-refractivity contribution in [2.45, 2.75) is 31.2 Å². The van der Waals surface area contributed by atoms with Gasteiger partial charge < -0.3 is 4.74 Å². The van der Waals surface area contributed by atoms with E-state index in [0.717, 1.165) is 0 Å². The Morgan fingerprint density at radius 3 is 2.57 bits per heavy atom. The molecule has 0 amide bonds. The van der Waals surface area contributed by atoms with E-state index < -0.39 is 31.9 Å². The molecule has 1 aromatic carbocycles. The van der Waals surface area contributed by atoms with Crippen LogP contribution in [0.5, 0.6) is 0 Å². The first-order valence-electron chi connectivity index (χ1n) is 8.52. The number of carbonyl (C=O) groups excluding carboxylic acids is 1. The number of aryl methyl sites for hydroxylation is 1. The SMILES string of the molecule is COC(=O)c1ccccc1NS(=O)(=O)c1c(C)nn([C@@H]2CCS(=O)(=O)C2)c1C. The summed E-state index contributed by atoms with van der Waals surface area (Å²) in [6, 6.07) is 5.71. The molecule has 1 atom stereocenters. The molecular weight excluding hydrogens is 406 g/mol. The van der Waals surface area contributed by atoms with E-state index in [1.807, 2.05) is 0 Å². The lowest BCUT2D eigenvalue weighted by atomic mass is 10.2. The quantitative estimate of drug-likeness (QED) is 0.716. The van der Waals surface area contributed by atoms with Gasteiger partial charge in [-0.2, -0.15) is 5.10 Å². The van der Waals surface area contributed by atoms with Crippen LogP contribution < -0.4 is 4.72 Å². The van der Waals surface area contributed by atoms with Gasteiger partial charge in [-0.3, -0.25) is 9.40 Å². The van der Waals surface area contributed by atoms with E-state index in [1.54, 1.807) is 26.0 Å². The lowest BCUT2D eigenvalue weighted by molar-refractivity contribution is 0.0602. The fourth-order valence-electron chi connectivity index (χ4n) is 3.42. The fourth-order valence-corrected chi connectivity index (χ4v) is 6.59. The lowest BCUT2D eigenvalue weighted by Crippen LogP contribution is -2.18. The Kier molecular flexibility index (Phi) is 5.24. The second-order valence-electron chi connectivity index (χ2n) is 6.64. The summed E-state index contributed by atoms with van der Waals surface area (Å²) in [5, 5.41) is 4.28. The number of anilines is 1. The predicted molar refractivity (Wildman–Crippen MR) is 103 cm³/mol. The van der Waals surface area contributed by atoms with Gasteiger partial charge in [-0.1, -0.05) is 12.1 Å². The number of benzene rings is 1. The summed E-state index contributed by atoms with van der Waals surface area (Å²) in [6.45, 7) is 3.14. The van der Waals surface area contributed by atoms with Gasteiger partial charge in [0.15, 0.2) is 9.84 Å². The van der Waals surface area contributed by atoms with Crippen molar-refractivity contribution >= 4 is 31.5 Å². The van der Waals surface area contributed by atoms with Gasteiger partial charge in [0, 0.05) is 0 Å². The number of sulfone groups is 1. The summed E-state index contributed by atoms with van der Waals surface area (Å²) in [4.78, 5) is 11.9. The Morgan fingerprint density at radius 2 is 1.96 bits per heavy atom. The number of sulfonamides is 1. The maximum absolute atomic E-state index is 13.0. The first kappa shape index (κ1) is 20.3. The van der Waals surface area contributed by atoms with Gasteiger partial charge in [-0.25, -0.2) is 21.6 Å². The molecule has 1 fully saturated rings. The van der Waals surface area contributed by atoms with Crippen LogP contribution in [0.25, 0.3) is 0 Å². The smallest absolute Gasteiger partial charge is 0.339 e. The van der Waals surface area contributed by atoms with E-state index in [9.17, 15) is 21.6 Å². The van der Waals surface area contributed by atoms with E-state index in [0.29, 0.717) is 12.1 Å². The van der Waals surface area contributed by atoms with Crippen LogP contribution in [-0.4, -0.2) is 51.2 Å². The molecule has 0 radical (unpaired) electrons. The van der Waals surface area contributed by atoms with Crippen molar-refractivity contribution in [2.75, 3.05) is 23.3 Å². The highest BCUT2D eigenvalue weighted by atomic mass is 32.2. The first-order valence-corrected chi connectivity index (χ1v) is 11.8. The molecule has 1 aromatic heterocycles. The zero-order valence-electron chi connectivity index (χ0n) is 15.7. The van der Waals surface area contributed by atoms with Gasteiger partial charge in [0.1, 0.15) is 4.90 Å². The van der Waals surface area contributed by atoms with Crippen molar-refractivity contribution in [3.63, 3.8) is 0 Å². The standard InChI is InChI=1S/C17H21N3O6S2/c1-11-16(12(2)20(18-11)13-8-9-27(22,23)10-13)28(24,25)19-15-7-5-4-6-14(15)17(21)26-3/h4-7,13,19H,8-10H2,1-3H3/t13-/m1/s1. The molecule has 1 aliphatic heterocycles. The summed E-state index contributed by atoms with van der Waals surface area (Å²) >= 11 is 0. The number of hydrogen-bond donors (Lipinski definition) is 1. The minimum absolute atomic E-state index is 0.0310. The third-order valence-electron chi connectivity index (χ3n) is 4.66. The molecule has 1 aliphatic rings. The van der Waals surface area contributed by atoms with Crippen molar-refractivity contribution in [3.8, 4) is 0 Å². The highest BCUT2D eigenvalue weighted by molar-refractivity contribution is 7.93. The van der Waals surface area contributed by atoms with E-state index in [1.165, 1.54) is 23.9 Å².